The highest BCUT2D eigenvalue weighted by Gasteiger charge is 2.34. The van der Waals surface area contributed by atoms with Gasteiger partial charge in [-0.15, -0.1) is 0 Å². The molecule has 1 heterocycles. The lowest BCUT2D eigenvalue weighted by molar-refractivity contribution is -0.136. The molecule has 0 bridgehead atoms. The monoisotopic (exact) mass is 386 g/mol. The molecule has 1 fully saturated rings. The minimum Gasteiger partial charge on any atom is -0.335 e. The molecule has 0 aliphatic carbocycles. The number of carbonyl (C=O) groups excluding carboxylic acids is 1. The van der Waals surface area contributed by atoms with E-state index in [-0.39, 0.29) is 23.9 Å². The van der Waals surface area contributed by atoms with E-state index in [0.29, 0.717) is 0 Å². The standard InChI is InChI=1S/C20H23BrN2O/c1-14(19(22)15-7-3-2-4-8-15)20(24)23-12-6-11-18(23)16-9-5-10-17(21)13-16/h2-5,7-10,13-14,18-19H,6,11-12,22H2,1H3. The maximum absolute atomic E-state index is 13.1. The van der Waals surface area contributed by atoms with Crippen molar-refractivity contribution in [3.05, 3.63) is 70.2 Å². The van der Waals surface area contributed by atoms with Gasteiger partial charge in [-0.3, -0.25) is 4.79 Å². The van der Waals surface area contributed by atoms with E-state index in [0.717, 1.165) is 29.4 Å². The first-order valence-corrected chi connectivity index (χ1v) is 9.23. The summed E-state index contributed by atoms with van der Waals surface area (Å²) in [4.78, 5) is 15.1. The van der Waals surface area contributed by atoms with Crippen molar-refractivity contribution in [2.45, 2.75) is 31.8 Å². The largest absolute Gasteiger partial charge is 0.335 e. The fraction of sp³-hybridized carbons (Fsp3) is 0.350. The molecule has 0 saturated carbocycles. The molecule has 3 nitrogen and oxygen atoms in total. The summed E-state index contributed by atoms with van der Waals surface area (Å²) in [5.41, 5.74) is 8.56. The van der Waals surface area contributed by atoms with E-state index in [2.05, 4.69) is 28.1 Å². The van der Waals surface area contributed by atoms with E-state index >= 15 is 0 Å². The van der Waals surface area contributed by atoms with Gasteiger partial charge in [-0.2, -0.15) is 0 Å². The lowest BCUT2D eigenvalue weighted by Crippen LogP contribution is -2.39. The Morgan fingerprint density at radius 1 is 1.21 bits per heavy atom. The molecule has 24 heavy (non-hydrogen) atoms. The summed E-state index contributed by atoms with van der Waals surface area (Å²) in [5, 5.41) is 0. The van der Waals surface area contributed by atoms with Crippen molar-refractivity contribution in [1.29, 1.82) is 0 Å². The lowest BCUT2D eigenvalue weighted by Gasteiger charge is -2.30. The molecular formula is C20H23BrN2O. The number of nitrogens with two attached hydrogens (primary N) is 1. The molecule has 1 aliphatic heterocycles. The Hall–Kier alpha value is -1.65. The molecule has 0 radical (unpaired) electrons. The van der Waals surface area contributed by atoms with Gasteiger partial charge in [-0.05, 0) is 36.1 Å². The maximum Gasteiger partial charge on any atom is 0.227 e. The van der Waals surface area contributed by atoms with E-state index in [1.807, 2.05) is 54.3 Å². The zero-order valence-corrected chi connectivity index (χ0v) is 15.4. The highest BCUT2D eigenvalue weighted by atomic mass is 79.9. The van der Waals surface area contributed by atoms with E-state index in [4.69, 9.17) is 5.73 Å². The molecule has 1 saturated heterocycles. The fourth-order valence-corrected chi connectivity index (χ4v) is 3.89. The summed E-state index contributed by atoms with van der Waals surface area (Å²) in [6, 6.07) is 18.0. The Bertz CT molecular complexity index is 704. The number of halogens is 1. The van der Waals surface area contributed by atoms with Crippen LogP contribution in [0.1, 0.15) is 43.0 Å². The average molecular weight is 387 g/mol. The summed E-state index contributed by atoms with van der Waals surface area (Å²) in [6.45, 7) is 2.75. The molecule has 2 aromatic carbocycles. The summed E-state index contributed by atoms with van der Waals surface area (Å²) in [7, 11) is 0. The van der Waals surface area contributed by atoms with Crippen LogP contribution in [0.15, 0.2) is 59.1 Å². The molecule has 0 spiro atoms. The minimum atomic E-state index is -0.276. The van der Waals surface area contributed by atoms with Crippen LogP contribution in [0.3, 0.4) is 0 Å². The minimum absolute atomic E-state index is 0.147. The van der Waals surface area contributed by atoms with Crippen molar-refractivity contribution in [2.75, 3.05) is 6.54 Å². The zero-order valence-electron chi connectivity index (χ0n) is 13.9. The molecule has 0 aromatic heterocycles. The topological polar surface area (TPSA) is 46.3 Å². The molecule has 2 N–H and O–H groups in total. The Morgan fingerprint density at radius 3 is 2.67 bits per heavy atom. The number of likely N-dealkylation sites (tertiary alicyclic amines) is 1. The Morgan fingerprint density at radius 2 is 1.96 bits per heavy atom. The third-order valence-corrected chi connectivity index (χ3v) is 5.38. The first-order valence-electron chi connectivity index (χ1n) is 8.44. The van der Waals surface area contributed by atoms with E-state index < -0.39 is 0 Å². The molecule has 3 atom stereocenters. The second-order valence-corrected chi connectivity index (χ2v) is 7.39. The van der Waals surface area contributed by atoms with Gasteiger partial charge in [0.15, 0.2) is 0 Å². The van der Waals surface area contributed by atoms with E-state index in [1.54, 1.807) is 0 Å². The number of benzene rings is 2. The molecule has 3 unspecified atom stereocenters. The second-order valence-electron chi connectivity index (χ2n) is 6.47. The van der Waals surface area contributed by atoms with Gasteiger partial charge >= 0.3 is 0 Å². The van der Waals surface area contributed by atoms with Gasteiger partial charge in [0.25, 0.3) is 0 Å². The van der Waals surface area contributed by atoms with Crippen molar-refractivity contribution in [1.82, 2.24) is 4.90 Å². The van der Waals surface area contributed by atoms with Crippen LogP contribution in [0.25, 0.3) is 0 Å². The third-order valence-electron chi connectivity index (χ3n) is 4.88. The van der Waals surface area contributed by atoms with Crippen molar-refractivity contribution in [3.8, 4) is 0 Å². The van der Waals surface area contributed by atoms with Crippen LogP contribution in [0.4, 0.5) is 0 Å². The van der Waals surface area contributed by atoms with Crippen molar-refractivity contribution in [3.63, 3.8) is 0 Å². The van der Waals surface area contributed by atoms with Gasteiger partial charge in [0.2, 0.25) is 5.91 Å². The van der Waals surface area contributed by atoms with Crippen LogP contribution in [-0.2, 0) is 4.79 Å². The molecule has 126 valence electrons. The molecule has 4 heteroatoms. The Labute approximate surface area is 152 Å². The van der Waals surface area contributed by atoms with Crippen LogP contribution in [0.5, 0.6) is 0 Å². The van der Waals surface area contributed by atoms with Crippen LogP contribution in [0.2, 0.25) is 0 Å². The summed E-state index contributed by atoms with van der Waals surface area (Å²) in [5.74, 6) is -0.0889. The number of amides is 1. The summed E-state index contributed by atoms with van der Waals surface area (Å²) >= 11 is 3.53. The predicted molar refractivity (Wildman–Crippen MR) is 100 cm³/mol. The van der Waals surface area contributed by atoms with Crippen molar-refractivity contribution < 1.29 is 4.79 Å². The number of hydrogen-bond acceptors (Lipinski definition) is 2. The van der Waals surface area contributed by atoms with Crippen LogP contribution in [-0.4, -0.2) is 17.4 Å². The average Bonchev–Trinajstić information content (AvgIpc) is 3.10. The Balaban J connectivity index is 1.78. The highest BCUT2D eigenvalue weighted by molar-refractivity contribution is 9.10. The zero-order chi connectivity index (χ0) is 17.1. The molecular weight excluding hydrogens is 364 g/mol. The first-order chi connectivity index (χ1) is 11.6. The van der Waals surface area contributed by atoms with Gasteiger partial charge in [-0.25, -0.2) is 0 Å². The van der Waals surface area contributed by atoms with Crippen LogP contribution < -0.4 is 5.73 Å². The Kier molecular flexibility index (Phi) is 5.36. The second kappa shape index (κ2) is 7.49. The smallest absolute Gasteiger partial charge is 0.227 e. The van der Waals surface area contributed by atoms with Crippen molar-refractivity contribution >= 4 is 21.8 Å². The van der Waals surface area contributed by atoms with Crippen molar-refractivity contribution in [2.24, 2.45) is 11.7 Å². The molecule has 2 aromatic rings. The number of carbonyl (C=O) groups is 1. The first kappa shape index (κ1) is 17.2. The third kappa shape index (κ3) is 3.55. The summed E-state index contributed by atoms with van der Waals surface area (Å²) in [6.07, 6.45) is 2.05. The quantitative estimate of drug-likeness (QED) is 0.843. The van der Waals surface area contributed by atoms with E-state index in [1.165, 1.54) is 5.56 Å². The highest BCUT2D eigenvalue weighted by Crippen LogP contribution is 2.35. The lowest BCUT2D eigenvalue weighted by atomic mass is 9.93. The maximum atomic E-state index is 13.1. The van der Waals surface area contributed by atoms with Gasteiger partial charge in [0, 0.05) is 17.1 Å². The predicted octanol–water partition coefficient (Wildman–Crippen LogP) is 4.45. The van der Waals surface area contributed by atoms with Gasteiger partial charge in [0.05, 0.1) is 12.0 Å². The fourth-order valence-electron chi connectivity index (χ4n) is 3.47. The molecule has 3 rings (SSSR count). The molecule has 1 amide bonds. The van der Waals surface area contributed by atoms with E-state index in [9.17, 15) is 4.79 Å². The van der Waals surface area contributed by atoms with Gasteiger partial charge in [0.1, 0.15) is 0 Å². The number of hydrogen-bond donors (Lipinski definition) is 1. The van der Waals surface area contributed by atoms with Gasteiger partial charge < -0.3 is 10.6 Å². The van der Waals surface area contributed by atoms with Crippen LogP contribution >= 0.6 is 15.9 Å². The molecule has 1 aliphatic rings. The normalized spacial score (nSPS) is 20.0. The SMILES string of the molecule is CC(C(=O)N1CCCC1c1cccc(Br)c1)C(N)c1ccccc1. The number of nitrogens with zero attached hydrogens (tertiary/aromatic N) is 1. The van der Waals surface area contributed by atoms with Gasteiger partial charge in [-0.1, -0.05) is 65.3 Å². The van der Waals surface area contributed by atoms with Crippen LogP contribution in [0, 0.1) is 5.92 Å². The number of rotatable bonds is 4. The summed E-state index contributed by atoms with van der Waals surface area (Å²) < 4.78 is 1.05.